The van der Waals surface area contributed by atoms with E-state index in [1.165, 1.54) is 20.2 Å². The highest BCUT2D eigenvalue weighted by molar-refractivity contribution is 7.52. The number of aliphatic hydroxyl groups is 1. The van der Waals surface area contributed by atoms with Gasteiger partial charge >= 0.3 is 19.4 Å². The summed E-state index contributed by atoms with van der Waals surface area (Å²) in [5.74, 6) is -0.460. The van der Waals surface area contributed by atoms with E-state index in [9.17, 15) is 24.1 Å². The summed E-state index contributed by atoms with van der Waals surface area (Å²) in [7, 11) is -2.89. The summed E-state index contributed by atoms with van der Waals surface area (Å²) in [5.41, 5.74) is -1.36. The zero-order valence-electron chi connectivity index (χ0n) is 20.2. The van der Waals surface area contributed by atoms with Crippen molar-refractivity contribution < 1.29 is 37.7 Å². The predicted molar refractivity (Wildman–Crippen MR) is 126 cm³/mol. The molecule has 0 saturated carbocycles. The third-order valence-corrected chi connectivity index (χ3v) is 6.79. The van der Waals surface area contributed by atoms with Crippen LogP contribution < -0.4 is 20.9 Å². The maximum Gasteiger partial charge on any atom is 0.459 e. The summed E-state index contributed by atoms with van der Waals surface area (Å²) in [6.45, 7) is 4.33. The summed E-state index contributed by atoms with van der Waals surface area (Å²) in [5, 5.41) is 13.3. The molecule has 1 aromatic carbocycles. The standard InChI is InChI=1S/C22H30N3O10P/c1-13(2)33-21(28)14(3)24-36(30,35-15-8-6-5-7-9-15)32-12-16-18(27)19(31-4)20(34-16)25-11-10-17(26)23-22(25)29/h5-11,13-14,16,18-20,27H,12H2,1-4H3,(H,24,30)(H,23,26,29)/t14-,16+,18?,19-,20+,36?/m0/s1. The number of aromatic nitrogens is 2. The lowest BCUT2D eigenvalue weighted by Gasteiger charge is -2.25. The molecule has 1 aliphatic heterocycles. The summed E-state index contributed by atoms with van der Waals surface area (Å²) < 4.78 is 42.0. The van der Waals surface area contributed by atoms with Gasteiger partial charge in [-0.2, -0.15) is 5.09 Å². The van der Waals surface area contributed by atoms with Gasteiger partial charge in [-0.1, -0.05) is 18.2 Å². The molecule has 1 aliphatic rings. The van der Waals surface area contributed by atoms with Crippen LogP contribution >= 0.6 is 7.75 Å². The van der Waals surface area contributed by atoms with Crippen LogP contribution in [0.5, 0.6) is 5.75 Å². The minimum absolute atomic E-state index is 0.207. The normalized spacial score (nSPS) is 24.3. The van der Waals surface area contributed by atoms with Crippen molar-refractivity contribution in [2.45, 2.75) is 57.5 Å². The second-order valence-electron chi connectivity index (χ2n) is 8.31. The average Bonchev–Trinajstić information content (AvgIpc) is 3.12. The predicted octanol–water partition coefficient (Wildman–Crippen LogP) is 0.943. The Kier molecular flexibility index (Phi) is 9.23. The number of H-pyrrole nitrogens is 1. The molecule has 3 N–H and O–H groups in total. The Morgan fingerprint density at radius 3 is 2.53 bits per heavy atom. The molecule has 36 heavy (non-hydrogen) atoms. The SMILES string of the molecule is CO[C@H]1C(O)[C@@H](COP(=O)(N[C@@H](C)C(=O)OC(C)C)Oc2ccccc2)O[C@H]1n1ccc(=O)[nH]c1=O. The van der Waals surface area contributed by atoms with Gasteiger partial charge in [0, 0.05) is 19.4 Å². The number of benzene rings is 1. The van der Waals surface area contributed by atoms with Crippen LogP contribution in [0.3, 0.4) is 0 Å². The van der Waals surface area contributed by atoms with E-state index in [1.54, 1.807) is 44.2 Å². The first-order valence-electron chi connectivity index (χ1n) is 11.2. The molecule has 1 aromatic heterocycles. The first kappa shape index (κ1) is 27.8. The van der Waals surface area contributed by atoms with Crippen LogP contribution in [0.1, 0.15) is 27.0 Å². The van der Waals surface area contributed by atoms with Crippen molar-refractivity contribution in [2.24, 2.45) is 0 Å². The Morgan fingerprint density at radius 2 is 1.92 bits per heavy atom. The van der Waals surface area contributed by atoms with Gasteiger partial charge < -0.3 is 23.8 Å². The highest BCUT2D eigenvalue weighted by atomic mass is 31.2. The van der Waals surface area contributed by atoms with Gasteiger partial charge in [0.15, 0.2) is 6.23 Å². The molecule has 1 saturated heterocycles. The second kappa shape index (κ2) is 12.0. The molecule has 2 aromatic rings. The number of carbonyl (C=O) groups excluding carboxylic acids is 1. The molecule has 198 valence electrons. The van der Waals surface area contributed by atoms with E-state index in [1.807, 2.05) is 0 Å². The Balaban J connectivity index is 1.78. The van der Waals surface area contributed by atoms with Gasteiger partial charge in [-0.3, -0.25) is 23.7 Å². The minimum atomic E-state index is -4.21. The third kappa shape index (κ3) is 6.90. The number of nitrogens with zero attached hydrogens (tertiary/aromatic N) is 1. The van der Waals surface area contributed by atoms with Crippen molar-refractivity contribution >= 4 is 13.7 Å². The van der Waals surface area contributed by atoms with Crippen molar-refractivity contribution in [1.29, 1.82) is 0 Å². The smallest absolute Gasteiger partial charge is 0.459 e. The largest absolute Gasteiger partial charge is 0.462 e. The number of carbonyl (C=O) groups is 1. The van der Waals surface area contributed by atoms with Crippen LogP contribution in [0.4, 0.5) is 0 Å². The topological polar surface area (TPSA) is 167 Å². The highest BCUT2D eigenvalue weighted by Crippen LogP contribution is 2.46. The van der Waals surface area contributed by atoms with E-state index in [2.05, 4.69) is 10.1 Å². The maximum absolute atomic E-state index is 13.6. The molecule has 0 bridgehead atoms. The lowest BCUT2D eigenvalue weighted by molar-refractivity contribution is -0.149. The molecule has 3 rings (SSSR count). The molecular weight excluding hydrogens is 497 g/mol. The number of ether oxygens (including phenoxy) is 3. The third-order valence-electron chi connectivity index (χ3n) is 5.14. The van der Waals surface area contributed by atoms with Gasteiger partial charge in [-0.05, 0) is 32.9 Å². The van der Waals surface area contributed by atoms with Crippen LogP contribution in [0.2, 0.25) is 0 Å². The molecule has 2 unspecified atom stereocenters. The van der Waals surface area contributed by atoms with Crippen LogP contribution in [0, 0.1) is 0 Å². The number of rotatable bonds is 11. The summed E-state index contributed by atoms with van der Waals surface area (Å²) >= 11 is 0. The Labute approximate surface area is 206 Å². The summed E-state index contributed by atoms with van der Waals surface area (Å²) in [6.07, 6.45) is -3.70. The lowest BCUT2D eigenvalue weighted by atomic mass is 10.1. The molecule has 1 fully saturated rings. The summed E-state index contributed by atoms with van der Waals surface area (Å²) in [6, 6.07) is 8.23. The average molecular weight is 527 g/mol. The Morgan fingerprint density at radius 1 is 1.22 bits per heavy atom. The number of hydrogen-bond acceptors (Lipinski definition) is 10. The number of nitrogens with one attached hydrogen (secondary N) is 2. The monoisotopic (exact) mass is 527 g/mol. The number of esters is 1. The molecule has 0 spiro atoms. The van der Waals surface area contributed by atoms with Gasteiger partial charge in [-0.15, -0.1) is 0 Å². The minimum Gasteiger partial charge on any atom is -0.462 e. The zero-order chi connectivity index (χ0) is 26.5. The van der Waals surface area contributed by atoms with E-state index in [0.29, 0.717) is 0 Å². The van der Waals surface area contributed by atoms with Crippen LogP contribution in [-0.2, 0) is 28.1 Å². The van der Waals surface area contributed by atoms with Gasteiger partial charge in [0.2, 0.25) is 0 Å². The van der Waals surface area contributed by atoms with E-state index in [-0.39, 0.29) is 5.75 Å². The Hall–Kier alpha value is -2.80. The van der Waals surface area contributed by atoms with Crippen LogP contribution in [0.25, 0.3) is 0 Å². The van der Waals surface area contributed by atoms with Gasteiger partial charge in [0.25, 0.3) is 5.56 Å². The first-order valence-corrected chi connectivity index (χ1v) is 12.7. The fourth-order valence-corrected chi connectivity index (χ4v) is 4.97. The van der Waals surface area contributed by atoms with E-state index >= 15 is 0 Å². The number of aromatic amines is 1. The molecule has 13 nitrogen and oxygen atoms in total. The number of hydrogen-bond donors (Lipinski definition) is 3. The lowest BCUT2D eigenvalue weighted by Crippen LogP contribution is -2.39. The van der Waals surface area contributed by atoms with E-state index < -0.39 is 68.3 Å². The molecular formula is C22H30N3O10P. The van der Waals surface area contributed by atoms with Gasteiger partial charge in [-0.25, -0.2) is 9.36 Å². The summed E-state index contributed by atoms with van der Waals surface area (Å²) in [4.78, 5) is 38.0. The van der Waals surface area contributed by atoms with Crippen molar-refractivity contribution in [3.63, 3.8) is 0 Å². The Bertz CT molecular complexity index is 1180. The van der Waals surface area contributed by atoms with Crippen molar-refractivity contribution in [1.82, 2.24) is 14.6 Å². The number of aliphatic hydroxyl groups excluding tert-OH is 1. The van der Waals surface area contributed by atoms with Gasteiger partial charge in [0.1, 0.15) is 30.1 Å². The number of para-hydroxylation sites is 1. The number of methoxy groups -OCH3 is 1. The zero-order valence-corrected chi connectivity index (χ0v) is 21.1. The van der Waals surface area contributed by atoms with E-state index in [0.717, 1.165) is 10.6 Å². The molecule has 0 amide bonds. The van der Waals surface area contributed by atoms with Crippen LogP contribution in [0.15, 0.2) is 52.2 Å². The van der Waals surface area contributed by atoms with Crippen LogP contribution in [-0.4, -0.2) is 64.8 Å². The second-order valence-corrected chi connectivity index (χ2v) is 10.0. The quantitative estimate of drug-likeness (QED) is 0.281. The molecule has 6 atom stereocenters. The molecule has 0 aliphatic carbocycles. The molecule has 2 heterocycles. The van der Waals surface area contributed by atoms with Crippen molar-refractivity contribution in [2.75, 3.05) is 13.7 Å². The fourth-order valence-electron chi connectivity index (χ4n) is 3.47. The van der Waals surface area contributed by atoms with Crippen molar-refractivity contribution in [3.8, 4) is 5.75 Å². The molecule has 14 heteroatoms. The molecule has 0 radical (unpaired) electrons. The maximum atomic E-state index is 13.6. The highest BCUT2D eigenvalue weighted by Gasteiger charge is 2.47. The van der Waals surface area contributed by atoms with Gasteiger partial charge in [0.05, 0.1) is 12.7 Å². The first-order chi connectivity index (χ1) is 17.0. The van der Waals surface area contributed by atoms with Crippen molar-refractivity contribution in [3.05, 3.63) is 63.4 Å². The fraction of sp³-hybridized carbons (Fsp3) is 0.500. The van der Waals surface area contributed by atoms with E-state index in [4.69, 9.17) is 23.3 Å².